The van der Waals surface area contributed by atoms with Crippen molar-refractivity contribution < 1.29 is 18.3 Å². The van der Waals surface area contributed by atoms with Crippen LogP contribution in [0, 0.1) is 11.7 Å². The first kappa shape index (κ1) is 25.7. The average molecular weight is 509 g/mol. The van der Waals surface area contributed by atoms with E-state index >= 15 is 0 Å². The molecule has 3 aromatic carbocycles. The van der Waals surface area contributed by atoms with Crippen molar-refractivity contribution in [3.05, 3.63) is 88.9 Å². The summed E-state index contributed by atoms with van der Waals surface area (Å²) in [6.45, 7) is 0.737. The number of carbonyl (C=O) groups excluding carboxylic acids is 1. The van der Waals surface area contributed by atoms with Gasteiger partial charge >= 0.3 is 0 Å². The fraction of sp³-hybridized carbons (Fsp3) is 0.276. The number of nitrogens with one attached hydrogen (secondary N) is 1. The summed E-state index contributed by atoms with van der Waals surface area (Å²) in [6.07, 6.45) is 5.82. The first-order valence-electron chi connectivity index (χ1n) is 12.1. The Morgan fingerprint density at radius 2 is 1.92 bits per heavy atom. The van der Waals surface area contributed by atoms with Crippen molar-refractivity contribution in [3.63, 3.8) is 0 Å². The van der Waals surface area contributed by atoms with Gasteiger partial charge < -0.3 is 20.2 Å². The van der Waals surface area contributed by atoms with Crippen molar-refractivity contribution in [2.75, 3.05) is 7.11 Å². The van der Waals surface area contributed by atoms with Crippen LogP contribution in [0.3, 0.4) is 0 Å². The molecule has 4 aromatic rings. The third-order valence-electron chi connectivity index (χ3n) is 6.44. The molecule has 0 radical (unpaired) electrons. The normalized spacial score (nSPS) is 13.3. The van der Waals surface area contributed by atoms with Gasteiger partial charge in [-0.25, -0.2) is 4.39 Å². The van der Waals surface area contributed by atoms with Crippen LogP contribution in [0.25, 0.3) is 22.1 Å². The number of ether oxygens (including phenoxy) is 1. The molecule has 0 bridgehead atoms. The van der Waals surface area contributed by atoms with Crippen molar-refractivity contribution in [1.82, 2.24) is 5.32 Å². The molecule has 0 spiro atoms. The smallest absolute Gasteiger partial charge is 0.223 e. The highest BCUT2D eigenvalue weighted by atomic mass is 35.5. The Kier molecular flexibility index (Phi) is 8.62. The Balaban J connectivity index is 0.000000170. The lowest BCUT2D eigenvalue weighted by Gasteiger charge is -2.11. The molecule has 0 atom stereocenters. The van der Waals surface area contributed by atoms with Crippen LogP contribution in [0.5, 0.6) is 5.75 Å². The molecular formula is C29H30ClFN2O3. The number of amides is 1. The predicted molar refractivity (Wildman–Crippen MR) is 141 cm³/mol. The molecule has 3 N–H and O–H groups in total. The molecule has 0 aliphatic heterocycles. The van der Waals surface area contributed by atoms with E-state index in [9.17, 15) is 9.18 Å². The summed E-state index contributed by atoms with van der Waals surface area (Å²) in [4.78, 5) is 11.7. The van der Waals surface area contributed by atoms with Crippen molar-refractivity contribution in [1.29, 1.82) is 0 Å². The minimum Gasteiger partial charge on any atom is -0.497 e. The van der Waals surface area contributed by atoms with E-state index in [1.54, 1.807) is 25.5 Å². The number of carbonyl (C=O) groups is 1. The molecule has 1 saturated carbocycles. The zero-order valence-electron chi connectivity index (χ0n) is 20.2. The summed E-state index contributed by atoms with van der Waals surface area (Å²) in [6, 6.07) is 18.9. The molecule has 0 saturated heterocycles. The molecule has 0 unspecified atom stereocenters. The lowest BCUT2D eigenvalue weighted by Crippen LogP contribution is -2.29. The van der Waals surface area contributed by atoms with Gasteiger partial charge in [0.05, 0.1) is 18.4 Å². The minimum atomic E-state index is -0.444. The van der Waals surface area contributed by atoms with Gasteiger partial charge in [-0.05, 0) is 54.3 Å². The van der Waals surface area contributed by atoms with Crippen LogP contribution in [0.4, 0.5) is 4.39 Å². The fourth-order valence-electron chi connectivity index (χ4n) is 4.45. The number of methoxy groups -OCH3 is 1. The molecular weight excluding hydrogens is 479 g/mol. The van der Waals surface area contributed by atoms with E-state index in [1.807, 2.05) is 30.3 Å². The van der Waals surface area contributed by atoms with Gasteiger partial charge in [-0.15, -0.1) is 0 Å². The van der Waals surface area contributed by atoms with E-state index in [1.165, 1.54) is 6.07 Å². The Labute approximate surface area is 215 Å². The molecule has 36 heavy (non-hydrogen) atoms. The van der Waals surface area contributed by atoms with Crippen molar-refractivity contribution in [2.45, 2.75) is 38.8 Å². The van der Waals surface area contributed by atoms with Gasteiger partial charge in [0, 0.05) is 35.5 Å². The Morgan fingerprint density at radius 1 is 1.14 bits per heavy atom. The standard InChI is InChI=1S/C16H15NO2.C13H15ClFNO/c1-18-14-8-13-5-6-19-16(13)15(9-14)12-4-2-3-11(7-12)10-17;14-11-7-3-6-10(12(11)15)8-16-13(17)9-4-1-2-5-9/h2-9H,10,17H2,1H3;3,6-7,9H,1-2,4-5,8H2,(H,16,17). The topological polar surface area (TPSA) is 77.5 Å². The first-order valence-corrected chi connectivity index (χ1v) is 12.4. The summed E-state index contributed by atoms with van der Waals surface area (Å²) in [5, 5.41) is 3.90. The van der Waals surface area contributed by atoms with Gasteiger partial charge in [-0.2, -0.15) is 0 Å². The van der Waals surface area contributed by atoms with Crippen molar-refractivity contribution >= 4 is 28.5 Å². The summed E-state index contributed by atoms with van der Waals surface area (Å²) < 4.78 is 24.5. The maximum Gasteiger partial charge on any atom is 0.223 e. The molecule has 188 valence electrons. The van der Waals surface area contributed by atoms with E-state index in [-0.39, 0.29) is 23.4 Å². The molecule has 1 aromatic heterocycles. The van der Waals surface area contributed by atoms with Gasteiger partial charge in [-0.1, -0.05) is 54.8 Å². The number of hydrogen-bond donors (Lipinski definition) is 2. The Hall–Kier alpha value is -3.35. The van der Waals surface area contributed by atoms with E-state index in [4.69, 9.17) is 26.5 Å². The molecule has 5 rings (SSSR count). The largest absolute Gasteiger partial charge is 0.497 e. The van der Waals surface area contributed by atoms with E-state index in [0.717, 1.165) is 59.1 Å². The summed E-state index contributed by atoms with van der Waals surface area (Å²) in [5.41, 5.74) is 10.2. The van der Waals surface area contributed by atoms with Crippen LogP contribution in [-0.4, -0.2) is 13.0 Å². The number of fused-ring (bicyclic) bond motifs is 1. The number of hydrogen-bond acceptors (Lipinski definition) is 4. The highest BCUT2D eigenvalue weighted by molar-refractivity contribution is 6.30. The summed E-state index contributed by atoms with van der Waals surface area (Å²) in [7, 11) is 1.67. The lowest BCUT2D eigenvalue weighted by molar-refractivity contribution is -0.124. The van der Waals surface area contributed by atoms with Gasteiger partial charge in [0.15, 0.2) is 0 Å². The Bertz CT molecular complexity index is 1330. The number of benzene rings is 3. The zero-order valence-corrected chi connectivity index (χ0v) is 21.0. The first-order chi connectivity index (χ1) is 17.5. The molecule has 1 fully saturated rings. The maximum absolute atomic E-state index is 13.5. The minimum absolute atomic E-state index is 0.0295. The Morgan fingerprint density at radius 3 is 2.67 bits per heavy atom. The van der Waals surface area contributed by atoms with Crippen LogP contribution < -0.4 is 15.8 Å². The number of nitrogens with two attached hydrogens (primary N) is 1. The fourth-order valence-corrected chi connectivity index (χ4v) is 4.65. The van der Waals surface area contributed by atoms with Crippen LogP contribution in [-0.2, 0) is 17.9 Å². The van der Waals surface area contributed by atoms with Crippen molar-refractivity contribution in [3.8, 4) is 16.9 Å². The van der Waals surface area contributed by atoms with Crippen molar-refractivity contribution in [2.24, 2.45) is 11.7 Å². The van der Waals surface area contributed by atoms with Crippen LogP contribution in [0.2, 0.25) is 5.02 Å². The lowest BCUT2D eigenvalue weighted by atomic mass is 10.0. The SMILES string of the molecule is COc1cc(-c2cccc(CN)c2)c2occc2c1.O=C(NCc1cccc(Cl)c1F)C1CCCC1. The number of halogens is 2. The maximum atomic E-state index is 13.5. The predicted octanol–water partition coefficient (Wildman–Crippen LogP) is 6.85. The zero-order chi connectivity index (χ0) is 25.5. The van der Waals surface area contributed by atoms with E-state index in [0.29, 0.717) is 12.1 Å². The third-order valence-corrected chi connectivity index (χ3v) is 6.74. The van der Waals surface area contributed by atoms with Crippen LogP contribution in [0.15, 0.2) is 71.3 Å². The average Bonchev–Trinajstić information content (AvgIpc) is 3.62. The highest BCUT2D eigenvalue weighted by Gasteiger charge is 2.22. The van der Waals surface area contributed by atoms with Gasteiger partial charge in [0.25, 0.3) is 0 Å². The molecule has 1 amide bonds. The van der Waals surface area contributed by atoms with Gasteiger partial charge in [0.2, 0.25) is 5.91 Å². The molecule has 1 heterocycles. The number of rotatable bonds is 6. The second kappa shape index (κ2) is 12.1. The summed E-state index contributed by atoms with van der Waals surface area (Å²) in [5.74, 6) is 0.516. The number of furan rings is 1. The molecule has 1 aliphatic rings. The highest BCUT2D eigenvalue weighted by Crippen LogP contribution is 2.34. The van der Waals surface area contributed by atoms with Gasteiger partial charge in [-0.3, -0.25) is 4.79 Å². The monoisotopic (exact) mass is 508 g/mol. The molecule has 7 heteroatoms. The second-order valence-corrected chi connectivity index (χ2v) is 9.24. The molecule has 5 nitrogen and oxygen atoms in total. The third kappa shape index (κ3) is 6.07. The second-order valence-electron chi connectivity index (χ2n) is 8.83. The van der Waals surface area contributed by atoms with E-state index in [2.05, 4.69) is 17.4 Å². The van der Waals surface area contributed by atoms with Crippen LogP contribution >= 0.6 is 11.6 Å². The van der Waals surface area contributed by atoms with Gasteiger partial charge in [0.1, 0.15) is 17.1 Å². The molecule has 1 aliphatic carbocycles. The van der Waals surface area contributed by atoms with E-state index < -0.39 is 5.82 Å². The quantitative estimate of drug-likeness (QED) is 0.298. The summed E-state index contributed by atoms with van der Waals surface area (Å²) >= 11 is 5.67. The van der Waals surface area contributed by atoms with Crippen LogP contribution in [0.1, 0.15) is 36.8 Å².